The highest BCUT2D eigenvalue weighted by molar-refractivity contribution is 7.08. The number of rotatable bonds is 8. The Kier molecular flexibility index (Phi) is 6.10. The van der Waals surface area contributed by atoms with E-state index in [1.54, 1.807) is 11.3 Å². The molecule has 3 N–H and O–H groups in total. The van der Waals surface area contributed by atoms with E-state index in [4.69, 9.17) is 0 Å². The highest BCUT2D eigenvalue weighted by atomic mass is 32.1. The second kappa shape index (κ2) is 9.71. The van der Waals surface area contributed by atoms with E-state index in [2.05, 4.69) is 98.8 Å². The normalized spacial score (nSPS) is 14.7. The van der Waals surface area contributed by atoms with Gasteiger partial charge in [0.2, 0.25) is 0 Å². The lowest BCUT2D eigenvalue weighted by atomic mass is 9.83. The summed E-state index contributed by atoms with van der Waals surface area (Å²) in [5.41, 5.74) is 10.4. The van der Waals surface area contributed by atoms with Crippen molar-refractivity contribution < 1.29 is 0 Å². The molecule has 1 fully saturated rings. The van der Waals surface area contributed by atoms with Gasteiger partial charge in [0.25, 0.3) is 0 Å². The van der Waals surface area contributed by atoms with Gasteiger partial charge in [-0.25, -0.2) is 0 Å². The number of allylic oxidation sites excluding steroid dienone is 5. The molecule has 0 bridgehead atoms. The lowest BCUT2D eigenvalue weighted by Crippen LogP contribution is -2.23. The van der Waals surface area contributed by atoms with Crippen molar-refractivity contribution in [1.29, 1.82) is 0 Å². The zero-order chi connectivity index (χ0) is 25.4. The molecule has 0 spiro atoms. The number of thiophene rings is 1. The number of nitrogens with one attached hydrogen (secondary N) is 3. The molecule has 1 aliphatic rings. The molecule has 4 aromatic heterocycles. The average Bonchev–Trinajstić information content (AvgIpc) is 3.64. The van der Waals surface area contributed by atoms with Gasteiger partial charge in [0.15, 0.2) is 0 Å². The van der Waals surface area contributed by atoms with E-state index in [0.29, 0.717) is 5.92 Å². The molecule has 0 radical (unpaired) electrons. The summed E-state index contributed by atoms with van der Waals surface area (Å²) in [6.45, 7) is 10.3. The number of aromatic nitrogens is 4. The summed E-state index contributed by atoms with van der Waals surface area (Å²) < 4.78 is 0. The minimum atomic E-state index is 0.564. The van der Waals surface area contributed by atoms with Gasteiger partial charge in [-0.3, -0.25) is 10.1 Å². The summed E-state index contributed by atoms with van der Waals surface area (Å²) in [5.74, 6) is 0.564. The van der Waals surface area contributed by atoms with Crippen molar-refractivity contribution in [3.05, 3.63) is 102 Å². The lowest BCUT2D eigenvalue weighted by Gasteiger charge is -2.28. The first-order chi connectivity index (χ1) is 18.1. The highest BCUT2D eigenvalue weighted by Gasteiger charge is 2.20. The maximum absolute atomic E-state index is 4.68. The molecule has 5 nitrogen and oxygen atoms in total. The molecule has 1 aliphatic carbocycles. The van der Waals surface area contributed by atoms with Gasteiger partial charge in [0.1, 0.15) is 5.69 Å². The van der Waals surface area contributed by atoms with Crippen LogP contribution in [0.3, 0.4) is 0 Å². The third kappa shape index (κ3) is 4.34. The largest absolute Gasteiger partial charge is 0.359 e. The first-order valence-corrected chi connectivity index (χ1v) is 13.5. The van der Waals surface area contributed by atoms with Crippen LogP contribution in [0.1, 0.15) is 31.7 Å². The van der Waals surface area contributed by atoms with E-state index >= 15 is 0 Å². The van der Waals surface area contributed by atoms with E-state index in [0.717, 1.165) is 61.3 Å². The Bertz CT molecular complexity index is 1680. The maximum Gasteiger partial charge on any atom is 0.116 e. The first-order valence-electron chi connectivity index (χ1n) is 12.6. The Morgan fingerprint density at radius 3 is 2.76 bits per heavy atom. The van der Waals surface area contributed by atoms with E-state index < -0.39 is 0 Å². The van der Waals surface area contributed by atoms with Gasteiger partial charge in [0.05, 0.1) is 22.9 Å². The number of hydrogen-bond donors (Lipinski definition) is 3. The van der Waals surface area contributed by atoms with Crippen molar-refractivity contribution in [3.63, 3.8) is 0 Å². The van der Waals surface area contributed by atoms with Crippen LogP contribution in [-0.2, 0) is 0 Å². The van der Waals surface area contributed by atoms with E-state index in [1.807, 2.05) is 18.5 Å². The molecule has 4 heterocycles. The topological polar surface area (TPSA) is 69.4 Å². The second-order valence-electron chi connectivity index (χ2n) is 9.50. The maximum atomic E-state index is 4.68. The molecule has 1 aromatic carbocycles. The SMILES string of the molecule is C=C/C(=C\C(=C/C)c1ccc2[nH]nc(-c3cc4c(-c5ccsc5)cncc4[nH]3)c2c1)NC(=C)C1CCC1. The van der Waals surface area contributed by atoms with E-state index in [9.17, 15) is 0 Å². The summed E-state index contributed by atoms with van der Waals surface area (Å²) in [7, 11) is 0. The van der Waals surface area contributed by atoms with Crippen molar-refractivity contribution in [2.75, 3.05) is 0 Å². The van der Waals surface area contributed by atoms with Crippen molar-refractivity contribution >= 4 is 38.7 Å². The Morgan fingerprint density at radius 1 is 1.14 bits per heavy atom. The van der Waals surface area contributed by atoms with Crippen LogP contribution >= 0.6 is 11.3 Å². The van der Waals surface area contributed by atoms with E-state index in [-0.39, 0.29) is 0 Å². The van der Waals surface area contributed by atoms with Crippen LogP contribution in [0.5, 0.6) is 0 Å². The molecule has 0 aliphatic heterocycles. The minimum Gasteiger partial charge on any atom is -0.359 e. The molecule has 5 aromatic rings. The molecule has 6 rings (SSSR count). The van der Waals surface area contributed by atoms with Crippen LogP contribution < -0.4 is 5.32 Å². The number of fused-ring (bicyclic) bond motifs is 2. The van der Waals surface area contributed by atoms with Gasteiger partial charge >= 0.3 is 0 Å². The summed E-state index contributed by atoms with van der Waals surface area (Å²) in [4.78, 5) is 8.00. The summed E-state index contributed by atoms with van der Waals surface area (Å²) in [6, 6.07) is 10.7. The fourth-order valence-corrected chi connectivity index (χ4v) is 5.57. The summed E-state index contributed by atoms with van der Waals surface area (Å²) in [6.07, 6.45) is 13.6. The van der Waals surface area contributed by atoms with Gasteiger partial charge in [-0.05, 0) is 89.6 Å². The molecule has 0 atom stereocenters. The van der Waals surface area contributed by atoms with Crippen LogP contribution in [0.15, 0.2) is 96.3 Å². The molecule has 184 valence electrons. The molecule has 0 unspecified atom stereocenters. The van der Waals surface area contributed by atoms with Crippen LogP contribution in [0.25, 0.3) is 49.9 Å². The smallest absolute Gasteiger partial charge is 0.116 e. The molecule has 37 heavy (non-hydrogen) atoms. The zero-order valence-corrected chi connectivity index (χ0v) is 21.7. The molecule has 0 saturated heterocycles. The van der Waals surface area contributed by atoms with Crippen molar-refractivity contribution in [3.8, 4) is 22.5 Å². The molecule has 0 amide bonds. The Labute approximate surface area is 220 Å². The van der Waals surface area contributed by atoms with Crippen LogP contribution in [0.4, 0.5) is 0 Å². The molecular weight excluding hydrogens is 474 g/mol. The Balaban J connectivity index is 1.37. The predicted octanol–water partition coefficient (Wildman–Crippen LogP) is 8.21. The number of benzene rings is 1. The number of nitrogens with zero attached hydrogens (tertiary/aromatic N) is 2. The van der Waals surface area contributed by atoms with E-state index in [1.165, 1.54) is 24.8 Å². The summed E-state index contributed by atoms with van der Waals surface area (Å²) >= 11 is 1.69. The molecule has 6 heteroatoms. The number of hydrogen-bond acceptors (Lipinski definition) is 4. The fraction of sp³-hybridized carbons (Fsp3) is 0.161. The van der Waals surface area contributed by atoms with Crippen LogP contribution in [0, 0.1) is 5.92 Å². The predicted molar refractivity (Wildman–Crippen MR) is 156 cm³/mol. The molecule has 1 saturated carbocycles. The Morgan fingerprint density at radius 2 is 2.03 bits per heavy atom. The highest BCUT2D eigenvalue weighted by Crippen LogP contribution is 2.35. The first kappa shape index (κ1) is 23.3. The zero-order valence-electron chi connectivity index (χ0n) is 20.8. The van der Waals surface area contributed by atoms with Crippen LogP contribution in [-0.4, -0.2) is 20.2 Å². The Hall–Kier alpha value is -4.16. The van der Waals surface area contributed by atoms with Gasteiger partial charge in [-0.1, -0.05) is 31.7 Å². The van der Waals surface area contributed by atoms with Gasteiger partial charge in [-0.15, -0.1) is 0 Å². The van der Waals surface area contributed by atoms with Crippen LogP contribution in [0.2, 0.25) is 0 Å². The van der Waals surface area contributed by atoms with Gasteiger partial charge < -0.3 is 10.3 Å². The molecular formula is C31H29N5S. The third-order valence-electron chi connectivity index (χ3n) is 7.27. The average molecular weight is 504 g/mol. The standard InChI is InChI=1S/C31H29N5S/c1-4-20(13-24(5-2)33-19(3)21-7-6-8-21)22-9-10-28-26(14-22)31(36-35-28)29-15-25-27(23-11-12-37-18-23)16-32-17-30(25)34-29/h4-5,9-18,21,33-34H,2-3,6-8H2,1H3,(H,35,36)/b20-4+,24-13+. The lowest BCUT2D eigenvalue weighted by molar-refractivity contribution is 0.356. The van der Waals surface area contributed by atoms with Crippen molar-refractivity contribution in [2.24, 2.45) is 5.92 Å². The third-order valence-corrected chi connectivity index (χ3v) is 7.96. The number of pyridine rings is 1. The van der Waals surface area contributed by atoms with Gasteiger partial charge in [0, 0.05) is 33.9 Å². The minimum absolute atomic E-state index is 0.564. The van der Waals surface area contributed by atoms with Crippen molar-refractivity contribution in [2.45, 2.75) is 26.2 Å². The number of H-pyrrole nitrogens is 2. The number of aromatic amines is 2. The van der Waals surface area contributed by atoms with Crippen molar-refractivity contribution in [1.82, 2.24) is 25.5 Å². The fourth-order valence-electron chi connectivity index (χ4n) is 4.92. The monoisotopic (exact) mass is 503 g/mol. The second-order valence-corrected chi connectivity index (χ2v) is 10.3. The summed E-state index contributed by atoms with van der Waals surface area (Å²) in [5, 5.41) is 17.8. The quantitative estimate of drug-likeness (QED) is 0.187. The van der Waals surface area contributed by atoms with Gasteiger partial charge in [-0.2, -0.15) is 16.4 Å².